The summed E-state index contributed by atoms with van der Waals surface area (Å²) in [5, 5.41) is 3.90. The van der Waals surface area contributed by atoms with Crippen molar-refractivity contribution in [2.24, 2.45) is 11.1 Å². The maximum Gasteiger partial charge on any atom is 0.246 e. The summed E-state index contributed by atoms with van der Waals surface area (Å²) in [6.07, 6.45) is 0.798. The molecule has 4 heteroatoms. The monoisotopic (exact) mass is 197 g/mol. The Morgan fingerprint density at radius 1 is 1.21 bits per heavy atom. The van der Waals surface area contributed by atoms with E-state index in [-0.39, 0.29) is 5.41 Å². The van der Waals surface area contributed by atoms with Crippen LogP contribution < -0.4 is 5.73 Å². The zero-order valence-electron chi connectivity index (χ0n) is 9.59. The largest absolute Gasteiger partial charge is 0.337 e. The first kappa shape index (κ1) is 11.2. The van der Waals surface area contributed by atoms with Crippen LogP contribution in [0, 0.1) is 5.41 Å². The second-order valence-corrected chi connectivity index (χ2v) is 5.47. The molecule has 14 heavy (non-hydrogen) atoms. The molecular weight excluding hydrogens is 178 g/mol. The van der Waals surface area contributed by atoms with E-state index in [4.69, 9.17) is 10.3 Å². The third kappa shape index (κ3) is 3.10. The second-order valence-electron chi connectivity index (χ2n) is 5.47. The standard InChI is InChI=1S/C10H19N3O/c1-9(2,3)6-7-12-8(14-13-7)10(4,5)11/h6,11H2,1-5H3. The first-order valence-corrected chi connectivity index (χ1v) is 4.80. The molecule has 0 saturated carbocycles. The molecule has 2 N–H and O–H groups in total. The summed E-state index contributed by atoms with van der Waals surface area (Å²) >= 11 is 0. The highest BCUT2D eigenvalue weighted by molar-refractivity contribution is 4.98. The molecule has 1 heterocycles. The normalized spacial score (nSPS) is 13.3. The Morgan fingerprint density at radius 3 is 2.14 bits per heavy atom. The van der Waals surface area contributed by atoms with Crippen molar-refractivity contribution in [3.05, 3.63) is 11.7 Å². The minimum atomic E-state index is -0.552. The van der Waals surface area contributed by atoms with Crippen molar-refractivity contribution in [2.75, 3.05) is 0 Å². The molecule has 0 aromatic carbocycles. The maximum absolute atomic E-state index is 5.84. The summed E-state index contributed by atoms with van der Waals surface area (Å²) in [4.78, 5) is 4.26. The van der Waals surface area contributed by atoms with Crippen molar-refractivity contribution >= 4 is 0 Å². The van der Waals surface area contributed by atoms with Crippen molar-refractivity contribution in [1.29, 1.82) is 0 Å². The zero-order valence-corrected chi connectivity index (χ0v) is 9.59. The van der Waals surface area contributed by atoms with Crippen LogP contribution in [0.5, 0.6) is 0 Å². The van der Waals surface area contributed by atoms with Crippen molar-refractivity contribution in [3.8, 4) is 0 Å². The van der Waals surface area contributed by atoms with Crippen LogP contribution in [0.2, 0.25) is 0 Å². The van der Waals surface area contributed by atoms with Crippen LogP contribution in [0.4, 0.5) is 0 Å². The van der Waals surface area contributed by atoms with Gasteiger partial charge in [0.15, 0.2) is 5.82 Å². The average Bonchev–Trinajstić information content (AvgIpc) is 2.29. The van der Waals surface area contributed by atoms with Gasteiger partial charge in [-0.3, -0.25) is 0 Å². The first-order valence-electron chi connectivity index (χ1n) is 4.80. The summed E-state index contributed by atoms with van der Waals surface area (Å²) in [6.45, 7) is 10.1. The van der Waals surface area contributed by atoms with Gasteiger partial charge in [-0.2, -0.15) is 4.98 Å². The van der Waals surface area contributed by atoms with Gasteiger partial charge in [-0.05, 0) is 19.3 Å². The lowest BCUT2D eigenvalue weighted by Gasteiger charge is -2.14. The van der Waals surface area contributed by atoms with E-state index in [1.54, 1.807) is 0 Å². The molecule has 0 radical (unpaired) electrons. The summed E-state index contributed by atoms with van der Waals surface area (Å²) in [5.74, 6) is 1.22. The van der Waals surface area contributed by atoms with Crippen molar-refractivity contribution in [1.82, 2.24) is 10.1 Å². The predicted octanol–water partition coefficient (Wildman–Crippen LogP) is 1.85. The van der Waals surface area contributed by atoms with Crippen LogP contribution in [-0.4, -0.2) is 10.1 Å². The summed E-state index contributed by atoms with van der Waals surface area (Å²) in [6, 6.07) is 0. The van der Waals surface area contributed by atoms with Gasteiger partial charge in [0.05, 0.1) is 5.54 Å². The zero-order chi connectivity index (χ0) is 11.0. The molecule has 0 spiro atoms. The van der Waals surface area contributed by atoms with Crippen LogP contribution in [0.1, 0.15) is 46.3 Å². The smallest absolute Gasteiger partial charge is 0.246 e. The van der Waals surface area contributed by atoms with Crippen LogP contribution in [-0.2, 0) is 12.0 Å². The Labute approximate surface area is 84.9 Å². The number of rotatable bonds is 2. The summed E-state index contributed by atoms with van der Waals surface area (Å²) < 4.78 is 5.09. The maximum atomic E-state index is 5.84. The topological polar surface area (TPSA) is 64.9 Å². The molecule has 0 aliphatic heterocycles. The third-order valence-electron chi connectivity index (χ3n) is 1.71. The molecule has 0 aliphatic rings. The van der Waals surface area contributed by atoms with Crippen molar-refractivity contribution < 1.29 is 4.52 Å². The SMILES string of the molecule is CC(C)(C)Cc1noc(C(C)(C)N)n1. The minimum Gasteiger partial charge on any atom is -0.337 e. The van der Waals surface area contributed by atoms with E-state index in [0.29, 0.717) is 5.89 Å². The van der Waals surface area contributed by atoms with Crippen LogP contribution in [0.3, 0.4) is 0 Å². The Morgan fingerprint density at radius 2 is 1.79 bits per heavy atom. The lowest BCUT2D eigenvalue weighted by atomic mass is 9.92. The van der Waals surface area contributed by atoms with Crippen LogP contribution >= 0.6 is 0 Å². The third-order valence-corrected chi connectivity index (χ3v) is 1.71. The van der Waals surface area contributed by atoms with Gasteiger partial charge in [0.25, 0.3) is 0 Å². The molecule has 80 valence electrons. The predicted molar refractivity (Wildman–Crippen MR) is 54.7 cm³/mol. The Hall–Kier alpha value is -0.900. The van der Waals surface area contributed by atoms with E-state index >= 15 is 0 Å². The van der Waals surface area contributed by atoms with E-state index in [9.17, 15) is 0 Å². The number of hydrogen-bond acceptors (Lipinski definition) is 4. The van der Waals surface area contributed by atoms with Gasteiger partial charge in [0, 0.05) is 6.42 Å². The fourth-order valence-corrected chi connectivity index (χ4v) is 1.06. The number of nitrogens with two attached hydrogens (primary N) is 1. The molecule has 1 rings (SSSR count). The quantitative estimate of drug-likeness (QED) is 0.785. The Balaban J connectivity index is 2.79. The molecule has 0 saturated heterocycles. The molecule has 0 fully saturated rings. The second kappa shape index (κ2) is 3.35. The van der Waals surface area contributed by atoms with Gasteiger partial charge < -0.3 is 10.3 Å². The van der Waals surface area contributed by atoms with Gasteiger partial charge in [-0.1, -0.05) is 25.9 Å². The highest BCUT2D eigenvalue weighted by Crippen LogP contribution is 2.20. The lowest BCUT2D eigenvalue weighted by molar-refractivity contribution is 0.306. The lowest BCUT2D eigenvalue weighted by Crippen LogP contribution is -2.29. The first-order chi connectivity index (χ1) is 6.18. The van der Waals surface area contributed by atoms with E-state index in [1.807, 2.05) is 13.8 Å². The van der Waals surface area contributed by atoms with Crippen LogP contribution in [0.15, 0.2) is 4.52 Å². The molecule has 0 unspecified atom stereocenters. The number of hydrogen-bond donors (Lipinski definition) is 1. The van der Waals surface area contributed by atoms with E-state index in [1.165, 1.54) is 0 Å². The Bertz CT molecular complexity index is 304. The fraction of sp³-hybridized carbons (Fsp3) is 0.800. The van der Waals surface area contributed by atoms with Gasteiger partial charge >= 0.3 is 0 Å². The number of nitrogens with zero attached hydrogens (tertiary/aromatic N) is 2. The minimum absolute atomic E-state index is 0.167. The van der Waals surface area contributed by atoms with E-state index < -0.39 is 5.54 Å². The van der Waals surface area contributed by atoms with Crippen molar-refractivity contribution in [2.45, 2.75) is 46.6 Å². The van der Waals surface area contributed by atoms with E-state index in [2.05, 4.69) is 30.9 Å². The highest BCUT2D eigenvalue weighted by Gasteiger charge is 2.23. The molecule has 1 aromatic heterocycles. The Kier molecular flexibility index (Phi) is 2.67. The fourth-order valence-electron chi connectivity index (χ4n) is 1.06. The highest BCUT2D eigenvalue weighted by atomic mass is 16.5. The number of aromatic nitrogens is 2. The van der Waals surface area contributed by atoms with Gasteiger partial charge in [-0.25, -0.2) is 0 Å². The van der Waals surface area contributed by atoms with Gasteiger partial charge in [0.1, 0.15) is 0 Å². The molecule has 0 aliphatic carbocycles. The molecule has 0 atom stereocenters. The van der Waals surface area contributed by atoms with E-state index in [0.717, 1.165) is 12.2 Å². The summed E-state index contributed by atoms with van der Waals surface area (Å²) in [5.41, 5.74) is 5.45. The summed E-state index contributed by atoms with van der Waals surface area (Å²) in [7, 11) is 0. The average molecular weight is 197 g/mol. The van der Waals surface area contributed by atoms with Crippen molar-refractivity contribution in [3.63, 3.8) is 0 Å². The molecule has 1 aromatic rings. The molecule has 4 nitrogen and oxygen atoms in total. The molecular formula is C10H19N3O. The molecule has 0 amide bonds. The van der Waals surface area contributed by atoms with Crippen LogP contribution in [0.25, 0.3) is 0 Å². The molecule has 0 bridgehead atoms. The van der Waals surface area contributed by atoms with Gasteiger partial charge in [-0.15, -0.1) is 0 Å². The van der Waals surface area contributed by atoms with Gasteiger partial charge in [0.2, 0.25) is 5.89 Å².